The van der Waals surface area contributed by atoms with Crippen LogP contribution in [0.1, 0.15) is 10.4 Å². The first-order chi connectivity index (χ1) is 17.9. The molecule has 8 nitrogen and oxygen atoms in total. The molecular weight excluding hydrogens is 542 g/mol. The van der Waals surface area contributed by atoms with Crippen molar-refractivity contribution < 1.29 is 13.2 Å². The zero-order valence-corrected chi connectivity index (χ0v) is 23.4. The molecule has 0 saturated carbocycles. The second-order valence-electron chi connectivity index (χ2n) is 8.88. The Morgan fingerprint density at radius 3 is 2.29 bits per heavy atom. The number of benzene rings is 3. The Kier molecular flexibility index (Phi) is 8.88. The Balaban J connectivity index is 0.00000336. The minimum absolute atomic E-state index is 0. The van der Waals surface area contributed by atoms with Gasteiger partial charge in [0.25, 0.3) is 15.9 Å². The standard InChI is InChI=1S/C27H29N5O3S2.ClH/c1-30(22-7-3-2-4-8-22)37(34,35)23-13-11-21(12-14-23)26(33)28-15-16-31-17-19-32(20-18-31)27-29-24-9-5-6-10-25(24)36-27;/h2-14H,15-20H2,1H3,(H,28,33);1H. The highest BCUT2D eigenvalue weighted by molar-refractivity contribution is 7.92. The first-order valence-electron chi connectivity index (χ1n) is 12.2. The number of thiazole rings is 1. The first kappa shape index (κ1) is 27.8. The minimum atomic E-state index is -3.71. The van der Waals surface area contributed by atoms with E-state index in [-0.39, 0.29) is 23.2 Å². The molecule has 5 rings (SSSR count). The fourth-order valence-corrected chi connectivity index (χ4v) is 6.51. The number of para-hydroxylation sites is 2. The van der Waals surface area contributed by atoms with Crippen LogP contribution in [0.3, 0.4) is 0 Å². The number of rotatable bonds is 8. The number of halogens is 1. The highest BCUT2D eigenvalue weighted by Gasteiger charge is 2.22. The molecule has 1 N–H and O–H groups in total. The van der Waals surface area contributed by atoms with Gasteiger partial charge in [-0.25, -0.2) is 13.4 Å². The van der Waals surface area contributed by atoms with Crippen LogP contribution >= 0.6 is 23.7 Å². The third kappa shape index (κ3) is 6.10. The van der Waals surface area contributed by atoms with E-state index in [0.717, 1.165) is 43.4 Å². The number of nitrogens with one attached hydrogen (secondary N) is 1. The summed E-state index contributed by atoms with van der Waals surface area (Å²) in [5.41, 5.74) is 2.05. The lowest BCUT2D eigenvalue weighted by atomic mass is 10.2. The third-order valence-electron chi connectivity index (χ3n) is 6.53. The Morgan fingerprint density at radius 2 is 1.61 bits per heavy atom. The highest BCUT2D eigenvalue weighted by atomic mass is 35.5. The maximum atomic E-state index is 12.9. The fraction of sp³-hybridized carbons (Fsp3) is 0.259. The molecule has 11 heteroatoms. The van der Waals surface area contributed by atoms with Crippen molar-refractivity contribution in [3.8, 4) is 0 Å². The smallest absolute Gasteiger partial charge is 0.264 e. The number of hydrogen-bond acceptors (Lipinski definition) is 7. The van der Waals surface area contributed by atoms with Crippen molar-refractivity contribution in [2.45, 2.75) is 4.90 Å². The maximum Gasteiger partial charge on any atom is 0.264 e. The molecule has 0 unspecified atom stereocenters. The molecule has 1 aliphatic heterocycles. The monoisotopic (exact) mass is 571 g/mol. The predicted octanol–water partition coefficient (Wildman–Crippen LogP) is 4.10. The van der Waals surface area contributed by atoms with Gasteiger partial charge in [-0.15, -0.1) is 12.4 Å². The largest absolute Gasteiger partial charge is 0.351 e. The van der Waals surface area contributed by atoms with E-state index in [1.54, 1.807) is 47.7 Å². The predicted molar refractivity (Wildman–Crippen MR) is 156 cm³/mol. The number of carbonyl (C=O) groups excluding carboxylic acids is 1. The van der Waals surface area contributed by atoms with Crippen molar-refractivity contribution in [3.63, 3.8) is 0 Å². The summed E-state index contributed by atoms with van der Waals surface area (Å²) in [4.78, 5) is 22.2. The molecule has 1 aromatic heterocycles. The molecule has 0 radical (unpaired) electrons. The van der Waals surface area contributed by atoms with Crippen molar-refractivity contribution >= 4 is 60.7 Å². The van der Waals surface area contributed by atoms with Gasteiger partial charge < -0.3 is 10.2 Å². The molecule has 200 valence electrons. The molecule has 1 aliphatic rings. The van der Waals surface area contributed by atoms with Gasteiger partial charge in [0, 0.05) is 51.9 Å². The number of aromatic nitrogens is 1. The summed E-state index contributed by atoms with van der Waals surface area (Å²) >= 11 is 1.73. The van der Waals surface area contributed by atoms with E-state index in [1.807, 2.05) is 24.3 Å². The molecule has 38 heavy (non-hydrogen) atoms. The van der Waals surface area contributed by atoms with Crippen LogP contribution in [0.4, 0.5) is 10.8 Å². The lowest BCUT2D eigenvalue weighted by Crippen LogP contribution is -2.48. The van der Waals surface area contributed by atoms with Crippen LogP contribution in [0.25, 0.3) is 10.2 Å². The molecule has 1 fully saturated rings. The van der Waals surface area contributed by atoms with Crippen LogP contribution in [0, 0.1) is 0 Å². The quantitative estimate of drug-likeness (QED) is 0.343. The van der Waals surface area contributed by atoms with Crippen LogP contribution in [0.15, 0.2) is 83.8 Å². The van der Waals surface area contributed by atoms with E-state index in [1.165, 1.54) is 28.2 Å². The molecule has 0 atom stereocenters. The van der Waals surface area contributed by atoms with Gasteiger partial charge in [-0.2, -0.15) is 0 Å². The molecule has 1 amide bonds. The highest BCUT2D eigenvalue weighted by Crippen LogP contribution is 2.29. The average Bonchev–Trinajstić information content (AvgIpc) is 3.38. The van der Waals surface area contributed by atoms with Crippen molar-refractivity contribution in [2.75, 3.05) is 55.5 Å². The summed E-state index contributed by atoms with van der Waals surface area (Å²) < 4.78 is 28.3. The number of anilines is 2. The Bertz CT molecular complexity index is 1440. The van der Waals surface area contributed by atoms with Crippen LogP contribution in [-0.2, 0) is 10.0 Å². The van der Waals surface area contributed by atoms with Crippen molar-refractivity contribution in [1.82, 2.24) is 15.2 Å². The van der Waals surface area contributed by atoms with Crippen LogP contribution in [0.5, 0.6) is 0 Å². The molecule has 0 aliphatic carbocycles. The van der Waals surface area contributed by atoms with Crippen LogP contribution in [0.2, 0.25) is 0 Å². The summed E-state index contributed by atoms with van der Waals surface area (Å²) in [6, 6.07) is 23.1. The Morgan fingerprint density at radius 1 is 0.947 bits per heavy atom. The summed E-state index contributed by atoms with van der Waals surface area (Å²) in [5, 5.41) is 4.01. The van der Waals surface area contributed by atoms with E-state index < -0.39 is 10.0 Å². The van der Waals surface area contributed by atoms with Gasteiger partial charge >= 0.3 is 0 Å². The lowest BCUT2D eigenvalue weighted by molar-refractivity contribution is 0.0947. The van der Waals surface area contributed by atoms with E-state index in [9.17, 15) is 13.2 Å². The SMILES string of the molecule is CN(c1ccccc1)S(=O)(=O)c1ccc(C(=O)NCCN2CCN(c3nc4ccccc4s3)CC2)cc1.Cl. The van der Waals surface area contributed by atoms with Gasteiger partial charge in [0.15, 0.2) is 5.13 Å². The van der Waals surface area contributed by atoms with Crippen molar-refractivity contribution in [3.05, 3.63) is 84.4 Å². The van der Waals surface area contributed by atoms with Gasteiger partial charge in [-0.1, -0.05) is 41.7 Å². The normalized spacial score (nSPS) is 14.2. The van der Waals surface area contributed by atoms with Gasteiger partial charge in [0.05, 0.1) is 20.8 Å². The number of carbonyl (C=O) groups is 1. The average molecular weight is 572 g/mol. The Hall–Kier alpha value is -3.18. The van der Waals surface area contributed by atoms with E-state index in [0.29, 0.717) is 17.8 Å². The third-order valence-corrected chi connectivity index (χ3v) is 9.43. The second kappa shape index (κ2) is 12.1. The molecule has 3 aromatic carbocycles. The number of piperazine rings is 1. The maximum absolute atomic E-state index is 12.9. The van der Waals surface area contributed by atoms with E-state index in [2.05, 4.69) is 21.2 Å². The molecule has 4 aromatic rings. The molecule has 1 saturated heterocycles. The van der Waals surface area contributed by atoms with E-state index >= 15 is 0 Å². The molecule has 2 heterocycles. The van der Waals surface area contributed by atoms with Crippen molar-refractivity contribution in [2.24, 2.45) is 0 Å². The van der Waals surface area contributed by atoms with Crippen molar-refractivity contribution in [1.29, 1.82) is 0 Å². The molecular formula is C27H30ClN5O3S2. The van der Waals surface area contributed by atoms with Crippen LogP contribution < -0.4 is 14.5 Å². The summed E-state index contributed by atoms with van der Waals surface area (Å²) in [5.74, 6) is -0.214. The fourth-order valence-electron chi connectivity index (χ4n) is 4.30. The second-order valence-corrected chi connectivity index (χ2v) is 11.9. The zero-order chi connectivity index (χ0) is 25.8. The summed E-state index contributed by atoms with van der Waals surface area (Å²) in [7, 11) is -2.19. The van der Waals surface area contributed by atoms with Gasteiger partial charge in [-0.3, -0.25) is 14.0 Å². The number of amides is 1. The van der Waals surface area contributed by atoms with Crippen LogP contribution in [-0.4, -0.2) is 70.5 Å². The zero-order valence-electron chi connectivity index (χ0n) is 21.0. The number of fused-ring (bicyclic) bond motifs is 1. The summed E-state index contributed by atoms with van der Waals surface area (Å²) in [6.45, 7) is 4.91. The Labute approximate surface area is 233 Å². The number of hydrogen-bond donors (Lipinski definition) is 1. The number of nitrogens with zero attached hydrogens (tertiary/aromatic N) is 4. The van der Waals surface area contributed by atoms with Gasteiger partial charge in [0.1, 0.15) is 0 Å². The topological polar surface area (TPSA) is 85.8 Å². The van der Waals surface area contributed by atoms with E-state index in [4.69, 9.17) is 4.98 Å². The first-order valence-corrected chi connectivity index (χ1v) is 14.4. The minimum Gasteiger partial charge on any atom is -0.351 e. The molecule has 0 spiro atoms. The number of sulfonamides is 1. The molecule has 0 bridgehead atoms. The summed E-state index contributed by atoms with van der Waals surface area (Å²) in [6.07, 6.45) is 0. The lowest BCUT2D eigenvalue weighted by Gasteiger charge is -2.34. The van der Waals surface area contributed by atoms with Gasteiger partial charge in [0.2, 0.25) is 0 Å². The van der Waals surface area contributed by atoms with Gasteiger partial charge in [-0.05, 0) is 48.5 Å².